The average molecular weight is 253 g/mol. The van der Waals surface area contributed by atoms with Crippen LogP contribution >= 0.6 is 0 Å². The molecule has 0 saturated carbocycles. The summed E-state index contributed by atoms with van der Waals surface area (Å²) >= 11 is 0. The molecule has 1 aromatic carbocycles. The van der Waals surface area contributed by atoms with Gasteiger partial charge in [0.15, 0.2) is 11.5 Å². The van der Waals surface area contributed by atoms with Gasteiger partial charge in [0, 0.05) is 6.07 Å². The molecule has 0 aliphatic carbocycles. The summed E-state index contributed by atoms with van der Waals surface area (Å²) in [6, 6.07) is 3.87. The summed E-state index contributed by atoms with van der Waals surface area (Å²) in [5.41, 5.74) is 1.15. The summed E-state index contributed by atoms with van der Waals surface area (Å²) in [6.07, 6.45) is 2.04. The van der Waals surface area contributed by atoms with Crippen molar-refractivity contribution in [3.8, 4) is 17.2 Å². The Balaban J connectivity index is 2.87. The second-order valence-corrected chi connectivity index (χ2v) is 4.43. The quantitative estimate of drug-likeness (QED) is 0.745. The fourth-order valence-electron chi connectivity index (χ4n) is 1.87. The van der Waals surface area contributed by atoms with E-state index in [4.69, 9.17) is 14.2 Å². The minimum atomic E-state index is 0.700. The highest BCUT2D eigenvalue weighted by Crippen LogP contribution is 2.35. The summed E-state index contributed by atoms with van der Waals surface area (Å²) in [4.78, 5) is 2.17. The standard InChI is InChI=1S/C14H23NO3/c1-15(2)8-6-7-11-9-13(17-4)14(18-5)10-12(11)16-3/h9-10H,6-8H2,1-5H3. The largest absolute Gasteiger partial charge is 0.496 e. The lowest BCUT2D eigenvalue weighted by atomic mass is 10.1. The van der Waals surface area contributed by atoms with Crippen LogP contribution in [0, 0.1) is 0 Å². The van der Waals surface area contributed by atoms with Gasteiger partial charge in [0.1, 0.15) is 5.75 Å². The Labute approximate surface area is 109 Å². The molecular weight excluding hydrogens is 230 g/mol. The van der Waals surface area contributed by atoms with E-state index >= 15 is 0 Å². The number of methoxy groups -OCH3 is 3. The molecule has 0 radical (unpaired) electrons. The van der Waals surface area contributed by atoms with Gasteiger partial charge in [-0.15, -0.1) is 0 Å². The van der Waals surface area contributed by atoms with Crippen molar-refractivity contribution in [3.05, 3.63) is 17.7 Å². The third-order valence-electron chi connectivity index (χ3n) is 2.84. The Morgan fingerprint density at radius 2 is 1.44 bits per heavy atom. The van der Waals surface area contributed by atoms with Gasteiger partial charge in [0.25, 0.3) is 0 Å². The number of rotatable bonds is 7. The molecule has 0 aliphatic heterocycles. The van der Waals surface area contributed by atoms with Crippen molar-refractivity contribution < 1.29 is 14.2 Å². The number of aryl methyl sites for hydroxylation is 1. The van der Waals surface area contributed by atoms with Crippen molar-refractivity contribution in [2.24, 2.45) is 0 Å². The first-order valence-corrected chi connectivity index (χ1v) is 6.06. The highest BCUT2D eigenvalue weighted by molar-refractivity contribution is 5.50. The van der Waals surface area contributed by atoms with Crippen molar-refractivity contribution in [3.63, 3.8) is 0 Å². The molecule has 1 rings (SSSR count). The molecule has 0 heterocycles. The number of hydrogen-bond acceptors (Lipinski definition) is 4. The first-order chi connectivity index (χ1) is 8.62. The number of hydrogen-bond donors (Lipinski definition) is 0. The van der Waals surface area contributed by atoms with Gasteiger partial charge in [0.05, 0.1) is 21.3 Å². The Morgan fingerprint density at radius 1 is 0.889 bits per heavy atom. The van der Waals surface area contributed by atoms with Gasteiger partial charge in [-0.05, 0) is 45.1 Å². The van der Waals surface area contributed by atoms with E-state index in [0.717, 1.165) is 36.4 Å². The Morgan fingerprint density at radius 3 is 1.94 bits per heavy atom. The highest BCUT2D eigenvalue weighted by atomic mass is 16.5. The zero-order valence-electron chi connectivity index (χ0n) is 11.9. The Kier molecular flexibility index (Phi) is 5.78. The molecule has 4 heteroatoms. The van der Waals surface area contributed by atoms with E-state index in [1.807, 2.05) is 12.1 Å². The van der Waals surface area contributed by atoms with Crippen LogP contribution in [-0.4, -0.2) is 46.9 Å². The monoisotopic (exact) mass is 253 g/mol. The molecular formula is C14H23NO3. The van der Waals surface area contributed by atoms with Crippen LogP contribution in [-0.2, 0) is 6.42 Å². The molecule has 0 unspecified atom stereocenters. The summed E-state index contributed by atoms with van der Waals surface area (Å²) in [5.74, 6) is 2.30. The van der Waals surface area contributed by atoms with Crippen molar-refractivity contribution in [2.75, 3.05) is 42.0 Å². The van der Waals surface area contributed by atoms with Gasteiger partial charge in [-0.2, -0.15) is 0 Å². The van der Waals surface area contributed by atoms with E-state index in [0.29, 0.717) is 5.75 Å². The molecule has 1 aromatic rings. The van der Waals surface area contributed by atoms with Crippen molar-refractivity contribution in [1.82, 2.24) is 4.90 Å². The lowest BCUT2D eigenvalue weighted by Gasteiger charge is -2.15. The molecule has 102 valence electrons. The van der Waals surface area contributed by atoms with Gasteiger partial charge in [-0.25, -0.2) is 0 Å². The molecule has 4 nitrogen and oxygen atoms in total. The third kappa shape index (κ3) is 3.81. The zero-order chi connectivity index (χ0) is 13.5. The number of benzene rings is 1. The normalized spacial score (nSPS) is 10.6. The second-order valence-electron chi connectivity index (χ2n) is 4.43. The van der Waals surface area contributed by atoms with Crippen molar-refractivity contribution in [1.29, 1.82) is 0 Å². The minimum absolute atomic E-state index is 0.700. The predicted molar refractivity (Wildman–Crippen MR) is 73.0 cm³/mol. The van der Waals surface area contributed by atoms with E-state index in [2.05, 4.69) is 19.0 Å². The highest BCUT2D eigenvalue weighted by Gasteiger charge is 2.11. The third-order valence-corrected chi connectivity index (χ3v) is 2.84. The minimum Gasteiger partial charge on any atom is -0.496 e. The van der Waals surface area contributed by atoms with Gasteiger partial charge < -0.3 is 19.1 Å². The predicted octanol–water partition coefficient (Wildman–Crippen LogP) is 2.21. The summed E-state index contributed by atoms with van der Waals surface area (Å²) in [6.45, 7) is 1.05. The van der Waals surface area contributed by atoms with Crippen molar-refractivity contribution >= 4 is 0 Å². The van der Waals surface area contributed by atoms with Gasteiger partial charge >= 0.3 is 0 Å². The fraction of sp³-hybridized carbons (Fsp3) is 0.571. The summed E-state index contributed by atoms with van der Waals surface area (Å²) in [7, 11) is 9.10. The van der Waals surface area contributed by atoms with Crippen LogP contribution in [0.2, 0.25) is 0 Å². The average Bonchev–Trinajstić information content (AvgIpc) is 2.37. The summed E-state index contributed by atoms with van der Waals surface area (Å²) in [5, 5.41) is 0. The molecule has 0 fully saturated rings. The molecule has 0 spiro atoms. The lowest BCUT2D eigenvalue weighted by molar-refractivity contribution is 0.346. The van der Waals surface area contributed by atoms with Gasteiger partial charge in [0.2, 0.25) is 0 Å². The van der Waals surface area contributed by atoms with E-state index in [1.165, 1.54) is 0 Å². The molecule has 0 amide bonds. The van der Waals surface area contributed by atoms with Gasteiger partial charge in [-0.3, -0.25) is 0 Å². The van der Waals surface area contributed by atoms with Crippen LogP contribution in [0.5, 0.6) is 17.2 Å². The van der Waals surface area contributed by atoms with E-state index in [9.17, 15) is 0 Å². The second kappa shape index (κ2) is 7.11. The van der Waals surface area contributed by atoms with Crippen LogP contribution in [0.25, 0.3) is 0 Å². The molecule has 0 aromatic heterocycles. The maximum absolute atomic E-state index is 5.40. The van der Waals surface area contributed by atoms with Gasteiger partial charge in [-0.1, -0.05) is 0 Å². The zero-order valence-corrected chi connectivity index (χ0v) is 11.9. The van der Waals surface area contributed by atoms with E-state index in [1.54, 1.807) is 21.3 Å². The maximum Gasteiger partial charge on any atom is 0.164 e. The number of nitrogens with zero attached hydrogens (tertiary/aromatic N) is 1. The van der Waals surface area contributed by atoms with Crippen LogP contribution < -0.4 is 14.2 Å². The van der Waals surface area contributed by atoms with Crippen LogP contribution in [0.3, 0.4) is 0 Å². The lowest BCUT2D eigenvalue weighted by Crippen LogP contribution is -2.13. The Bertz CT molecular complexity index is 378. The smallest absolute Gasteiger partial charge is 0.164 e. The van der Waals surface area contributed by atoms with E-state index < -0.39 is 0 Å². The molecule has 0 saturated heterocycles. The first kappa shape index (κ1) is 14.6. The van der Waals surface area contributed by atoms with Crippen molar-refractivity contribution in [2.45, 2.75) is 12.8 Å². The van der Waals surface area contributed by atoms with Crippen LogP contribution in [0.4, 0.5) is 0 Å². The number of ether oxygens (including phenoxy) is 3. The first-order valence-electron chi connectivity index (χ1n) is 6.06. The Hall–Kier alpha value is -1.42. The topological polar surface area (TPSA) is 30.9 Å². The van der Waals surface area contributed by atoms with E-state index in [-0.39, 0.29) is 0 Å². The molecule has 0 bridgehead atoms. The molecule has 18 heavy (non-hydrogen) atoms. The summed E-state index contributed by atoms with van der Waals surface area (Å²) < 4.78 is 16.0. The molecule has 0 atom stereocenters. The SMILES string of the molecule is COc1cc(OC)c(OC)cc1CCCN(C)C. The van der Waals surface area contributed by atoms with Crippen LogP contribution in [0.15, 0.2) is 12.1 Å². The maximum atomic E-state index is 5.40. The molecule has 0 aliphatic rings. The fourth-order valence-corrected chi connectivity index (χ4v) is 1.87. The molecule has 0 N–H and O–H groups in total. The van der Waals surface area contributed by atoms with Crippen LogP contribution in [0.1, 0.15) is 12.0 Å².